The van der Waals surface area contributed by atoms with E-state index in [-0.39, 0.29) is 39.9 Å². The Morgan fingerprint density at radius 1 is 0.820 bits per heavy atom. The summed E-state index contributed by atoms with van der Waals surface area (Å²) in [7, 11) is 0. The number of carbonyl (C=O) groups is 5. The van der Waals surface area contributed by atoms with E-state index in [0.29, 0.717) is 25.9 Å². The van der Waals surface area contributed by atoms with Crippen molar-refractivity contribution in [2.75, 3.05) is 26.2 Å². The third kappa shape index (κ3) is 6.81. The summed E-state index contributed by atoms with van der Waals surface area (Å²) in [5.74, 6) is -2.31. The molecular formula is C39H65N5O6. The standard InChI is InChI=1S/C39H65N5O6/c1-10-43-19-12-16-25(22-43)30(45)41-28(35(2,3)4)32(47)42-29(36(5,6)7)33(48)44-23-39(37(8,9)38(39)17-13-18-38)21-27(44)31(46)40-26(34(49)50)20-24-14-11-15-24/h24-29H,10-23H2,1-9H3,(H,40,46)(H,41,45)(H,42,47)(H,49,50)/t25-,26+,27-,28+,29-,39-/m0/s1. The van der Waals surface area contributed by atoms with Crippen molar-refractivity contribution in [1.29, 1.82) is 0 Å². The van der Waals surface area contributed by atoms with Gasteiger partial charge in [0.1, 0.15) is 24.2 Å². The average Bonchev–Trinajstić information content (AvgIpc) is 3.21. The van der Waals surface area contributed by atoms with Gasteiger partial charge in [0, 0.05) is 18.5 Å². The highest BCUT2D eigenvalue weighted by Gasteiger charge is 2.85. The van der Waals surface area contributed by atoms with Gasteiger partial charge in [0.2, 0.25) is 23.6 Å². The van der Waals surface area contributed by atoms with Crippen molar-refractivity contribution in [3.63, 3.8) is 0 Å². The molecule has 3 saturated carbocycles. The van der Waals surface area contributed by atoms with E-state index in [1.54, 1.807) is 4.90 Å². The fourth-order valence-corrected chi connectivity index (χ4v) is 10.1. The molecule has 0 aromatic heterocycles. The van der Waals surface area contributed by atoms with E-state index in [2.05, 4.69) is 41.6 Å². The highest BCUT2D eigenvalue weighted by molar-refractivity contribution is 5.96. The van der Waals surface area contributed by atoms with E-state index in [9.17, 15) is 29.1 Å². The van der Waals surface area contributed by atoms with E-state index in [1.807, 2.05) is 41.5 Å². The molecule has 5 aliphatic rings. The highest BCUT2D eigenvalue weighted by atomic mass is 16.4. The molecule has 0 bridgehead atoms. The van der Waals surface area contributed by atoms with Crippen LogP contribution in [0.15, 0.2) is 0 Å². The smallest absolute Gasteiger partial charge is 0.326 e. The first-order chi connectivity index (χ1) is 23.2. The summed E-state index contributed by atoms with van der Waals surface area (Å²) in [5, 5.41) is 19.0. The lowest BCUT2D eigenvalue weighted by Gasteiger charge is -2.39. The van der Waals surface area contributed by atoms with E-state index >= 15 is 0 Å². The van der Waals surface area contributed by atoms with Crippen molar-refractivity contribution >= 4 is 29.6 Å². The molecule has 2 saturated heterocycles. The molecule has 6 atom stereocenters. The summed E-state index contributed by atoms with van der Waals surface area (Å²) in [6.45, 7) is 20.9. The fourth-order valence-electron chi connectivity index (χ4n) is 10.1. The topological polar surface area (TPSA) is 148 Å². The quantitative estimate of drug-likeness (QED) is 0.251. The Morgan fingerprint density at radius 2 is 1.46 bits per heavy atom. The van der Waals surface area contributed by atoms with Gasteiger partial charge in [-0.05, 0) is 79.2 Å². The molecule has 4 N–H and O–H groups in total. The van der Waals surface area contributed by atoms with Crippen molar-refractivity contribution in [2.45, 2.75) is 151 Å². The predicted octanol–water partition coefficient (Wildman–Crippen LogP) is 4.34. The Kier molecular flexibility index (Phi) is 10.6. The van der Waals surface area contributed by atoms with Crippen molar-refractivity contribution < 1.29 is 29.1 Å². The maximum atomic E-state index is 14.9. The molecule has 2 heterocycles. The van der Waals surface area contributed by atoms with Crippen LogP contribution in [0.1, 0.15) is 127 Å². The number of amides is 4. The summed E-state index contributed by atoms with van der Waals surface area (Å²) in [4.78, 5) is 73.0. The molecule has 0 aromatic carbocycles. The molecule has 2 aliphatic heterocycles. The lowest BCUT2D eigenvalue weighted by Crippen LogP contribution is -2.63. The van der Waals surface area contributed by atoms with Crippen LogP contribution in [-0.2, 0) is 24.0 Å². The zero-order chi connectivity index (χ0) is 37.0. The highest BCUT2D eigenvalue weighted by Crippen LogP contribution is 2.88. The molecular weight excluding hydrogens is 634 g/mol. The monoisotopic (exact) mass is 699 g/mol. The number of carboxylic acid groups (broad SMARTS) is 1. The van der Waals surface area contributed by atoms with Crippen LogP contribution in [0.25, 0.3) is 0 Å². The zero-order valence-electron chi connectivity index (χ0n) is 32.2. The normalized spacial score (nSPS) is 29.3. The zero-order valence-corrected chi connectivity index (χ0v) is 32.2. The van der Waals surface area contributed by atoms with Gasteiger partial charge in [0.25, 0.3) is 0 Å². The van der Waals surface area contributed by atoms with Gasteiger partial charge >= 0.3 is 5.97 Å². The SMILES string of the molecule is CCN1CCC[C@H](C(=O)N[C@H](C(=O)N[C@@H](C(=O)N2C[C@@]3(C[C@H]2C(=O)N[C@H](CC2CCC2)C(=O)O)C(C)(C)C32CCC2)C(C)(C)C)C(C)(C)C)C1. The number of carboxylic acids is 1. The molecule has 50 heavy (non-hydrogen) atoms. The molecule has 5 fully saturated rings. The van der Waals surface area contributed by atoms with Crippen molar-refractivity contribution in [3.05, 3.63) is 0 Å². The van der Waals surface area contributed by atoms with Gasteiger partial charge in [-0.25, -0.2) is 4.79 Å². The van der Waals surface area contributed by atoms with Gasteiger partial charge < -0.3 is 30.9 Å². The fraction of sp³-hybridized carbons (Fsp3) is 0.872. The Labute approximate surface area is 299 Å². The third-order valence-electron chi connectivity index (χ3n) is 13.9. The number of likely N-dealkylation sites (tertiary alicyclic amines) is 2. The number of nitrogens with one attached hydrogen (secondary N) is 3. The van der Waals surface area contributed by atoms with E-state index in [1.165, 1.54) is 0 Å². The summed E-state index contributed by atoms with van der Waals surface area (Å²) in [5.41, 5.74) is -1.62. The molecule has 0 unspecified atom stereocenters. The van der Waals surface area contributed by atoms with Gasteiger partial charge in [0.15, 0.2) is 0 Å². The molecule has 4 amide bonds. The molecule has 2 spiro atoms. The van der Waals surface area contributed by atoms with Crippen LogP contribution < -0.4 is 16.0 Å². The average molecular weight is 700 g/mol. The molecule has 0 aromatic rings. The van der Waals surface area contributed by atoms with Crippen LogP contribution in [0.3, 0.4) is 0 Å². The molecule has 11 nitrogen and oxygen atoms in total. The summed E-state index contributed by atoms with van der Waals surface area (Å²) >= 11 is 0. The van der Waals surface area contributed by atoms with Crippen molar-refractivity contribution in [3.8, 4) is 0 Å². The lowest BCUT2D eigenvalue weighted by atomic mass is 9.73. The summed E-state index contributed by atoms with van der Waals surface area (Å²) in [6.07, 6.45) is 8.81. The molecule has 3 aliphatic carbocycles. The Morgan fingerprint density at radius 3 is 1.94 bits per heavy atom. The first kappa shape index (κ1) is 38.5. The van der Waals surface area contributed by atoms with Gasteiger partial charge in [0.05, 0.1) is 5.92 Å². The second kappa shape index (κ2) is 13.7. The van der Waals surface area contributed by atoms with Gasteiger partial charge in [-0.15, -0.1) is 0 Å². The van der Waals surface area contributed by atoms with Crippen LogP contribution in [0.2, 0.25) is 0 Å². The maximum absolute atomic E-state index is 14.9. The Bertz CT molecular complexity index is 1340. The number of nitrogens with zero attached hydrogens (tertiary/aromatic N) is 2. The van der Waals surface area contributed by atoms with Crippen LogP contribution in [0.4, 0.5) is 0 Å². The number of fused-ring (bicyclic) bond motifs is 1. The first-order valence-corrected chi connectivity index (χ1v) is 19.4. The molecule has 0 radical (unpaired) electrons. The van der Waals surface area contributed by atoms with Gasteiger partial charge in [-0.2, -0.15) is 0 Å². The van der Waals surface area contributed by atoms with Crippen LogP contribution in [0.5, 0.6) is 0 Å². The second-order valence-electron chi connectivity index (χ2n) is 19.1. The van der Waals surface area contributed by atoms with Gasteiger partial charge in [-0.1, -0.05) is 88.0 Å². The number of hydrogen-bond donors (Lipinski definition) is 4. The number of hydrogen-bond acceptors (Lipinski definition) is 6. The van der Waals surface area contributed by atoms with E-state index in [0.717, 1.165) is 64.5 Å². The maximum Gasteiger partial charge on any atom is 0.326 e. The lowest BCUT2D eigenvalue weighted by molar-refractivity contribution is -0.147. The van der Waals surface area contributed by atoms with Crippen LogP contribution in [-0.4, -0.2) is 94.9 Å². The minimum atomic E-state index is -1.05. The Hall–Kier alpha value is -2.69. The summed E-state index contributed by atoms with van der Waals surface area (Å²) < 4.78 is 0. The Balaban J connectivity index is 1.39. The predicted molar refractivity (Wildman–Crippen MR) is 192 cm³/mol. The van der Waals surface area contributed by atoms with Gasteiger partial charge in [-0.3, -0.25) is 19.2 Å². The summed E-state index contributed by atoms with van der Waals surface area (Å²) in [6, 6.07) is -3.69. The van der Waals surface area contributed by atoms with Crippen LogP contribution in [0, 0.1) is 38.9 Å². The first-order valence-electron chi connectivity index (χ1n) is 19.4. The molecule has 282 valence electrons. The number of piperidine rings is 1. The van der Waals surface area contributed by atoms with Crippen molar-refractivity contribution in [2.24, 2.45) is 38.9 Å². The number of carbonyl (C=O) groups excluding carboxylic acids is 4. The number of aliphatic carboxylic acids is 1. The third-order valence-corrected chi connectivity index (χ3v) is 13.9. The van der Waals surface area contributed by atoms with E-state index < -0.39 is 52.8 Å². The minimum Gasteiger partial charge on any atom is -0.480 e. The van der Waals surface area contributed by atoms with E-state index in [4.69, 9.17) is 0 Å². The minimum absolute atomic E-state index is 0.0558. The largest absolute Gasteiger partial charge is 0.480 e. The van der Waals surface area contributed by atoms with Crippen molar-refractivity contribution in [1.82, 2.24) is 25.8 Å². The van der Waals surface area contributed by atoms with Crippen LogP contribution >= 0.6 is 0 Å². The molecule has 5 rings (SSSR count). The number of rotatable bonds is 11. The molecule has 11 heteroatoms. The second-order valence-corrected chi connectivity index (χ2v) is 19.1.